The molecule has 1 aromatic carbocycles. The summed E-state index contributed by atoms with van der Waals surface area (Å²) in [6.45, 7) is 3.30. The Balaban J connectivity index is 1.85. The van der Waals surface area contributed by atoms with Crippen LogP contribution in [0.3, 0.4) is 0 Å². The molecule has 1 aliphatic heterocycles. The highest BCUT2D eigenvalue weighted by Gasteiger charge is 2.28. The summed E-state index contributed by atoms with van der Waals surface area (Å²) in [6, 6.07) is 7.03. The van der Waals surface area contributed by atoms with Gasteiger partial charge in [-0.15, -0.1) is 0 Å². The topological polar surface area (TPSA) is 178 Å². The van der Waals surface area contributed by atoms with Gasteiger partial charge in [0.2, 0.25) is 5.95 Å². The van der Waals surface area contributed by atoms with Gasteiger partial charge in [0.15, 0.2) is 0 Å². The van der Waals surface area contributed by atoms with E-state index in [2.05, 4.69) is 24.9 Å². The predicted molar refractivity (Wildman–Crippen MR) is 114 cm³/mol. The maximum atomic E-state index is 11.3. The molecule has 0 saturated carbocycles. The number of anilines is 3. The Morgan fingerprint density at radius 3 is 2.80 bits per heavy atom. The summed E-state index contributed by atoms with van der Waals surface area (Å²) in [5.41, 5.74) is 19.7. The number of amidine groups is 1. The van der Waals surface area contributed by atoms with Crippen LogP contribution in [-0.4, -0.2) is 60.8 Å². The number of nitrogens with one attached hydrogen (secondary N) is 2. The van der Waals surface area contributed by atoms with Gasteiger partial charge in [-0.25, -0.2) is 9.78 Å². The second kappa shape index (κ2) is 8.82. The van der Waals surface area contributed by atoms with Crippen molar-refractivity contribution in [1.29, 1.82) is 5.41 Å². The number of nitrogens with two attached hydrogens (primary N) is 3. The van der Waals surface area contributed by atoms with E-state index in [0.29, 0.717) is 42.5 Å². The molecule has 0 aliphatic carbocycles. The second-order valence-corrected chi connectivity index (χ2v) is 7.01. The van der Waals surface area contributed by atoms with Gasteiger partial charge in [0.1, 0.15) is 11.7 Å². The molecule has 2 heterocycles. The van der Waals surface area contributed by atoms with E-state index < -0.39 is 6.09 Å². The van der Waals surface area contributed by atoms with Crippen molar-refractivity contribution in [1.82, 2.24) is 15.3 Å². The van der Waals surface area contributed by atoms with Crippen molar-refractivity contribution in [3.05, 3.63) is 29.8 Å². The van der Waals surface area contributed by atoms with Crippen LogP contribution >= 0.6 is 0 Å². The number of carbonyl (C=O) groups excluding carboxylic acids is 1. The number of nitrogens with zero attached hydrogens (tertiary/aromatic N) is 3. The minimum absolute atomic E-state index is 0.0479. The lowest BCUT2D eigenvalue weighted by Gasteiger charge is -2.39. The molecule has 1 amide bonds. The summed E-state index contributed by atoms with van der Waals surface area (Å²) >= 11 is 0. The first-order valence-corrected chi connectivity index (χ1v) is 9.37. The van der Waals surface area contributed by atoms with Gasteiger partial charge in [0, 0.05) is 36.0 Å². The monoisotopic (exact) mass is 414 g/mol. The average molecular weight is 414 g/mol. The highest BCUT2D eigenvalue weighted by atomic mass is 16.5. The van der Waals surface area contributed by atoms with Crippen LogP contribution in [0.5, 0.6) is 0 Å². The highest BCUT2D eigenvalue weighted by Crippen LogP contribution is 2.28. The Hall–Kier alpha value is -3.60. The van der Waals surface area contributed by atoms with E-state index in [4.69, 9.17) is 27.3 Å². The molecule has 2 atom stereocenters. The van der Waals surface area contributed by atoms with Gasteiger partial charge in [0.05, 0.1) is 31.6 Å². The quantitative estimate of drug-likeness (QED) is 0.265. The number of carbonyl (C=O) groups is 1. The Morgan fingerprint density at radius 2 is 2.13 bits per heavy atom. The van der Waals surface area contributed by atoms with Crippen LogP contribution in [0.25, 0.3) is 11.3 Å². The van der Waals surface area contributed by atoms with Crippen molar-refractivity contribution in [2.24, 2.45) is 5.73 Å². The predicted octanol–water partition coefficient (Wildman–Crippen LogP) is 0.542. The van der Waals surface area contributed by atoms with Gasteiger partial charge in [-0.2, -0.15) is 4.98 Å². The van der Waals surface area contributed by atoms with Crippen molar-refractivity contribution in [3.63, 3.8) is 0 Å². The van der Waals surface area contributed by atoms with Gasteiger partial charge in [0.25, 0.3) is 0 Å². The summed E-state index contributed by atoms with van der Waals surface area (Å²) in [6.07, 6.45) is -0.741. The number of methoxy groups -OCH3 is 1. The molecule has 160 valence electrons. The minimum atomic E-state index is -0.510. The SMILES string of the molecule is COC(=O)NC[C@@H]1CN(c2cc(-c3ccc(C(=N)N)c(N)c3)nc(N)n2)[C@H](C)CO1. The number of amides is 1. The van der Waals surface area contributed by atoms with E-state index in [0.717, 1.165) is 5.56 Å². The number of alkyl carbamates (subject to hydrolysis) is 1. The molecule has 0 radical (unpaired) electrons. The molecule has 1 fully saturated rings. The number of morpholine rings is 1. The number of hydrogen-bond acceptors (Lipinski definition) is 9. The molecule has 1 aliphatic rings. The second-order valence-electron chi connectivity index (χ2n) is 7.01. The summed E-state index contributed by atoms with van der Waals surface area (Å²) in [4.78, 5) is 22.1. The zero-order valence-corrected chi connectivity index (χ0v) is 16.9. The van der Waals surface area contributed by atoms with Crippen LogP contribution in [0.1, 0.15) is 12.5 Å². The van der Waals surface area contributed by atoms with Crippen molar-refractivity contribution in [2.45, 2.75) is 19.1 Å². The fourth-order valence-electron chi connectivity index (χ4n) is 3.24. The number of benzene rings is 1. The first-order chi connectivity index (χ1) is 14.3. The molecule has 30 heavy (non-hydrogen) atoms. The molecular weight excluding hydrogens is 388 g/mol. The molecule has 1 saturated heterocycles. The first kappa shape index (κ1) is 21.1. The van der Waals surface area contributed by atoms with Crippen LogP contribution in [0, 0.1) is 5.41 Å². The average Bonchev–Trinajstić information content (AvgIpc) is 2.72. The molecule has 0 spiro atoms. The zero-order valence-electron chi connectivity index (χ0n) is 16.9. The van der Waals surface area contributed by atoms with Gasteiger partial charge in [-0.3, -0.25) is 5.41 Å². The first-order valence-electron chi connectivity index (χ1n) is 9.37. The van der Waals surface area contributed by atoms with Crippen molar-refractivity contribution >= 4 is 29.4 Å². The Labute approximate surface area is 174 Å². The van der Waals surface area contributed by atoms with E-state index in [1.807, 2.05) is 13.0 Å². The molecule has 1 aromatic heterocycles. The third kappa shape index (κ3) is 4.69. The van der Waals surface area contributed by atoms with Gasteiger partial charge in [-0.1, -0.05) is 6.07 Å². The third-order valence-electron chi connectivity index (χ3n) is 4.83. The van der Waals surface area contributed by atoms with Gasteiger partial charge in [-0.05, 0) is 19.1 Å². The van der Waals surface area contributed by atoms with Crippen molar-refractivity contribution < 1.29 is 14.3 Å². The summed E-state index contributed by atoms with van der Waals surface area (Å²) in [5, 5.41) is 10.2. The lowest BCUT2D eigenvalue weighted by molar-refractivity contribution is 0.0228. The smallest absolute Gasteiger partial charge is 0.406 e. The Kier molecular flexibility index (Phi) is 6.21. The van der Waals surface area contributed by atoms with Crippen LogP contribution in [0.2, 0.25) is 0 Å². The number of nitrogen functional groups attached to an aromatic ring is 3. The summed E-state index contributed by atoms with van der Waals surface area (Å²) < 4.78 is 10.4. The highest BCUT2D eigenvalue weighted by molar-refractivity contribution is 6.00. The number of hydrogen-bond donors (Lipinski definition) is 5. The fraction of sp³-hybridized carbons (Fsp3) is 0.368. The van der Waals surface area contributed by atoms with E-state index in [1.54, 1.807) is 18.2 Å². The van der Waals surface area contributed by atoms with E-state index in [9.17, 15) is 4.79 Å². The Bertz CT molecular complexity index is 951. The number of rotatable bonds is 5. The van der Waals surface area contributed by atoms with Crippen LogP contribution in [-0.2, 0) is 9.47 Å². The molecular formula is C19H26N8O3. The van der Waals surface area contributed by atoms with E-state index in [1.165, 1.54) is 7.11 Å². The van der Waals surface area contributed by atoms with Crippen molar-refractivity contribution in [2.75, 3.05) is 43.2 Å². The molecule has 2 aromatic rings. The maximum Gasteiger partial charge on any atom is 0.406 e. The van der Waals surface area contributed by atoms with Gasteiger partial charge >= 0.3 is 6.09 Å². The lowest BCUT2D eigenvalue weighted by atomic mass is 10.1. The molecule has 11 heteroatoms. The van der Waals surface area contributed by atoms with E-state index >= 15 is 0 Å². The lowest BCUT2D eigenvalue weighted by Crippen LogP contribution is -2.52. The molecule has 8 N–H and O–H groups in total. The van der Waals surface area contributed by atoms with Crippen LogP contribution in [0.15, 0.2) is 24.3 Å². The number of ether oxygens (including phenoxy) is 2. The Morgan fingerprint density at radius 1 is 1.37 bits per heavy atom. The van der Waals surface area contributed by atoms with Gasteiger partial charge < -0.3 is 36.9 Å². The summed E-state index contributed by atoms with van der Waals surface area (Å²) in [5.74, 6) is 0.668. The van der Waals surface area contributed by atoms with Crippen LogP contribution in [0.4, 0.5) is 22.2 Å². The minimum Gasteiger partial charge on any atom is -0.453 e. The zero-order chi connectivity index (χ0) is 21.8. The van der Waals surface area contributed by atoms with Crippen LogP contribution < -0.4 is 27.4 Å². The van der Waals surface area contributed by atoms with E-state index in [-0.39, 0.29) is 23.9 Å². The normalized spacial score (nSPS) is 18.7. The summed E-state index contributed by atoms with van der Waals surface area (Å²) in [7, 11) is 1.31. The molecule has 3 rings (SSSR count). The fourth-order valence-corrected chi connectivity index (χ4v) is 3.24. The molecule has 11 nitrogen and oxygen atoms in total. The molecule has 0 unspecified atom stereocenters. The number of aromatic nitrogens is 2. The third-order valence-corrected chi connectivity index (χ3v) is 4.83. The largest absolute Gasteiger partial charge is 0.453 e. The molecule has 0 bridgehead atoms. The standard InChI is InChI=1S/C19H26N8O3/c1-10-9-30-12(7-24-19(28)29-2)8-27(10)16-6-15(25-18(23)26-16)11-3-4-13(17(21)22)14(20)5-11/h3-6,10,12H,7-9,20H2,1-2H3,(H3,21,22)(H,24,28)(H2,23,25,26)/t10-,12-/m1/s1. The maximum absolute atomic E-state index is 11.3. The van der Waals surface area contributed by atoms with Crippen molar-refractivity contribution in [3.8, 4) is 11.3 Å².